The Morgan fingerprint density at radius 3 is 2.60 bits per heavy atom. The molecule has 4 nitrogen and oxygen atoms in total. The summed E-state index contributed by atoms with van der Waals surface area (Å²) in [5, 5.41) is 0. The first kappa shape index (κ1) is 13.7. The highest BCUT2D eigenvalue weighted by Gasteiger charge is 2.14. The number of methoxy groups -OCH3 is 1. The van der Waals surface area contributed by atoms with Gasteiger partial charge < -0.3 is 4.74 Å². The minimum atomic E-state index is -0.124. The molecule has 0 radical (unpaired) electrons. The highest BCUT2D eigenvalue weighted by Crippen LogP contribution is 2.21. The highest BCUT2D eigenvalue weighted by atomic mass is 16.5. The van der Waals surface area contributed by atoms with Gasteiger partial charge in [0.25, 0.3) is 0 Å². The van der Waals surface area contributed by atoms with Gasteiger partial charge in [0.2, 0.25) is 6.08 Å². The monoisotopic (exact) mass is 267 g/mol. The summed E-state index contributed by atoms with van der Waals surface area (Å²) in [6, 6.07) is 14.1. The largest absolute Gasteiger partial charge is 0.497 e. The molecule has 0 spiro atoms. The van der Waals surface area contributed by atoms with E-state index in [0.29, 0.717) is 22.4 Å². The Labute approximate surface area is 116 Å². The van der Waals surface area contributed by atoms with Crippen LogP contribution in [0.4, 0.5) is 0 Å². The minimum absolute atomic E-state index is 0.124. The van der Waals surface area contributed by atoms with Gasteiger partial charge in [-0.1, -0.05) is 36.4 Å². The third kappa shape index (κ3) is 2.99. The molecule has 2 aromatic rings. The van der Waals surface area contributed by atoms with Crippen molar-refractivity contribution in [3.63, 3.8) is 0 Å². The molecule has 0 saturated carbocycles. The van der Waals surface area contributed by atoms with Gasteiger partial charge in [-0.3, -0.25) is 4.79 Å². The molecule has 100 valence electrons. The number of ketones is 1. The van der Waals surface area contributed by atoms with Crippen molar-refractivity contribution < 1.29 is 14.3 Å². The lowest BCUT2D eigenvalue weighted by Gasteiger charge is -2.09. The lowest BCUT2D eigenvalue weighted by molar-refractivity contribution is 0.103. The SMILES string of the molecule is COc1ccc(CN=C=O)c(C(=O)c2ccccc2)c1. The predicted octanol–water partition coefficient (Wildman–Crippen LogP) is 2.76. The summed E-state index contributed by atoms with van der Waals surface area (Å²) < 4.78 is 5.14. The van der Waals surface area contributed by atoms with E-state index < -0.39 is 0 Å². The van der Waals surface area contributed by atoms with Crippen molar-refractivity contribution in [2.24, 2.45) is 4.99 Å². The van der Waals surface area contributed by atoms with E-state index in [-0.39, 0.29) is 12.3 Å². The highest BCUT2D eigenvalue weighted by molar-refractivity contribution is 6.10. The van der Waals surface area contributed by atoms with Gasteiger partial charge in [0.05, 0.1) is 13.7 Å². The quantitative estimate of drug-likeness (QED) is 0.475. The van der Waals surface area contributed by atoms with Crippen molar-refractivity contribution in [2.45, 2.75) is 6.54 Å². The van der Waals surface area contributed by atoms with E-state index in [1.807, 2.05) is 6.07 Å². The maximum Gasteiger partial charge on any atom is 0.235 e. The summed E-state index contributed by atoms with van der Waals surface area (Å²) in [5.74, 6) is 0.462. The van der Waals surface area contributed by atoms with Gasteiger partial charge in [0.1, 0.15) is 5.75 Å². The van der Waals surface area contributed by atoms with Crippen LogP contribution >= 0.6 is 0 Å². The van der Waals surface area contributed by atoms with Crippen molar-refractivity contribution in [1.29, 1.82) is 0 Å². The third-order valence-corrected chi connectivity index (χ3v) is 2.91. The van der Waals surface area contributed by atoms with E-state index in [4.69, 9.17) is 4.74 Å². The van der Waals surface area contributed by atoms with E-state index in [2.05, 4.69) is 4.99 Å². The van der Waals surface area contributed by atoms with E-state index in [1.165, 1.54) is 13.2 Å². The number of carbonyl (C=O) groups is 1. The van der Waals surface area contributed by atoms with Gasteiger partial charge in [-0.15, -0.1) is 0 Å². The van der Waals surface area contributed by atoms with Crippen molar-refractivity contribution in [2.75, 3.05) is 7.11 Å². The molecule has 0 fully saturated rings. The summed E-state index contributed by atoms with van der Waals surface area (Å²) in [4.78, 5) is 26.3. The fourth-order valence-corrected chi connectivity index (χ4v) is 1.89. The summed E-state index contributed by atoms with van der Waals surface area (Å²) in [6.45, 7) is 0.126. The zero-order chi connectivity index (χ0) is 14.4. The van der Waals surface area contributed by atoms with Crippen molar-refractivity contribution >= 4 is 11.9 Å². The topological polar surface area (TPSA) is 55.7 Å². The molecular weight excluding hydrogens is 254 g/mol. The van der Waals surface area contributed by atoms with Crippen molar-refractivity contribution in [1.82, 2.24) is 0 Å². The number of hydrogen-bond acceptors (Lipinski definition) is 4. The van der Waals surface area contributed by atoms with Gasteiger partial charge in [-0.2, -0.15) is 0 Å². The summed E-state index contributed by atoms with van der Waals surface area (Å²) >= 11 is 0. The Balaban J connectivity index is 2.46. The van der Waals surface area contributed by atoms with Crippen molar-refractivity contribution in [3.05, 3.63) is 65.2 Å². The molecule has 2 aromatic carbocycles. The maximum absolute atomic E-state index is 12.5. The number of isocyanates is 1. The molecule has 0 aliphatic heterocycles. The van der Waals surface area contributed by atoms with Gasteiger partial charge >= 0.3 is 0 Å². The van der Waals surface area contributed by atoms with Crippen molar-refractivity contribution in [3.8, 4) is 5.75 Å². The number of nitrogens with zero attached hydrogens (tertiary/aromatic N) is 1. The van der Waals surface area contributed by atoms with Crippen LogP contribution in [0.5, 0.6) is 5.75 Å². The first-order chi connectivity index (χ1) is 9.76. The fraction of sp³-hybridized carbons (Fsp3) is 0.125. The lowest BCUT2D eigenvalue weighted by Crippen LogP contribution is -2.05. The Morgan fingerprint density at radius 2 is 1.95 bits per heavy atom. The van der Waals surface area contributed by atoms with Crippen LogP contribution in [-0.2, 0) is 11.3 Å². The Bertz CT molecular complexity index is 659. The zero-order valence-corrected chi connectivity index (χ0v) is 11.0. The van der Waals surface area contributed by atoms with Crippen LogP contribution < -0.4 is 4.74 Å². The normalized spacial score (nSPS) is 9.65. The van der Waals surface area contributed by atoms with Gasteiger partial charge in [-0.05, 0) is 17.7 Å². The number of aliphatic imine (C=N–C) groups is 1. The van der Waals surface area contributed by atoms with E-state index >= 15 is 0 Å². The second kappa shape index (κ2) is 6.45. The van der Waals surface area contributed by atoms with Gasteiger partial charge in [0, 0.05) is 11.1 Å². The lowest BCUT2D eigenvalue weighted by atomic mass is 9.98. The molecule has 0 aromatic heterocycles. The molecule has 4 heteroatoms. The smallest absolute Gasteiger partial charge is 0.235 e. The first-order valence-corrected chi connectivity index (χ1v) is 6.06. The molecule has 0 aliphatic rings. The fourth-order valence-electron chi connectivity index (χ4n) is 1.89. The molecular formula is C16H13NO3. The first-order valence-electron chi connectivity index (χ1n) is 6.06. The van der Waals surface area contributed by atoms with Crippen LogP contribution in [-0.4, -0.2) is 19.0 Å². The molecule has 0 bridgehead atoms. The van der Waals surface area contributed by atoms with Crippen LogP contribution in [0.1, 0.15) is 21.5 Å². The number of benzene rings is 2. The molecule has 0 N–H and O–H groups in total. The number of carbonyl (C=O) groups excluding carboxylic acids is 2. The Kier molecular flexibility index (Phi) is 4.43. The minimum Gasteiger partial charge on any atom is -0.497 e. The molecule has 0 amide bonds. The van der Waals surface area contributed by atoms with Gasteiger partial charge in [0.15, 0.2) is 5.78 Å². The zero-order valence-electron chi connectivity index (χ0n) is 11.0. The molecule has 0 heterocycles. The van der Waals surface area contributed by atoms with Gasteiger partial charge in [-0.25, -0.2) is 9.79 Å². The Morgan fingerprint density at radius 1 is 1.20 bits per heavy atom. The molecule has 0 saturated heterocycles. The molecule has 0 unspecified atom stereocenters. The van der Waals surface area contributed by atoms with E-state index in [0.717, 1.165) is 0 Å². The van der Waals surface area contributed by atoms with E-state index in [9.17, 15) is 9.59 Å². The standard InChI is InChI=1S/C16H13NO3/c1-20-14-8-7-13(10-17-11-18)15(9-14)16(19)12-5-3-2-4-6-12/h2-9H,10H2,1H3. The summed E-state index contributed by atoms with van der Waals surface area (Å²) in [5.41, 5.74) is 1.73. The number of rotatable bonds is 5. The average molecular weight is 267 g/mol. The Hall–Kier alpha value is -2.71. The van der Waals surface area contributed by atoms with Crippen LogP contribution in [0.2, 0.25) is 0 Å². The number of ether oxygens (including phenoxy) is 1. The molecule has 0 aliphatic carbocycles. The maximum atomic E-state index is 12.5. The van der Waals surface area contributed by atoms with Crippen LogP contribution in [0.15, 0.2) is 53.5 Å². The molecule has 2 rings (SSSR count). The molecule has 0 atom stereocenters. The van der Waals surface area contributed by atoms with Crippen LogP contribution in [0.25, 0.3) is 0 Å². The number of hydrogen-bond donors (Lipinski definition) is 0. The second-order valence-electron chi connectivity index (χ2n) is 4.13. The average Bonchev–Trinajstić information content (AvgIpc) is 2.53. The second-order valence-corrected chi connectivity index (χ2v) is 4.13. The van der Waals surface area contributed by atoms with Crippen LogP contribution in [0, 0.1) is 0 Å². The van der Waals surface area contributed by atoms with E-state index in [1.54, 1.807) is 42.5 Å². The molecule has 20 heavy (non-hydrogen) atoms. The summed E-state index contributed by atoms with van der Waals surface area (Å²) in [6.07, 6.45) is 1.48. The van der Waals surface area contributed by atoms with Crippen LogP contribution in [0.3, 0.4) is 0 Å². The third-order valence-electron chi connectivity index (χ3n) is 2.91. The predicted molar refractivity (Wildman–Crippen MR) is 74.7 cm³/mol. The summed E-state index contributed by atoms with van der Waals surface area (Å²) in [7, 11) is 1.54.